The lowest BCUT2D eigenvalue weighted by Crippen LogP contribution is -2.04. The maximum Gasteiger partial charge on any atom is 0.304 e. The number of benzene rings is 3. The van der Waals surface area contributed by atoms with E-state index >= 15 is 0 Å². The molecule has 0 aliphatic carbocycles. The summed E-state index contributed by atoms with van der Waals surface area (Å²) in [6.07, 6.45) is 1.59. The molecular weight excluding hydrogens is 490 g/mol. The van der Waals surface area contributed by atoms with E-state index in [1.54, 1.807) is 24.5 Å². The third-order valence-corrected chi connectivity index (χ3v) is 7.30. The third kappa shape index (κ3) is 6.14. The Morgan fingerprint density at radius 2 is 1.89 bits per heavy atom. The first-order valence-electron chi connectivity index (χ1n) is 11.4. The van der Waals surface area contributed by atoms with Crippen LogP contribution in [0.15, 0.2) is 66.0 Å². The van der Waals surface area contributed by atoms with E-state index in [4.69, 9.17) is 9.84 Å². The molecule has 4 rings (SSSR count). The fourth-order valence-electron chi connectivity index (χ4n) is 4.08. The molecule has 0 amide bonds. The Hall–Kier alpha value is -3.60. The number of ether oxygens (including phenoxy) is 1. The van der Waals surface area contributed by atoms with Crippen molar-refractivity contribution in [3.05, 3.63) is 82.7 Å². The number of carboxylic acid groups (broad SMARTS) is 1. The van der Waals surface area contributed by atoms with Gasteiger partial charge in [0.2, 0.25) is 0 Å². The number of hydrogen-bond donors (Lipinski definition) is 2. The number of aryl methyl sites for hydroxylation is 1. The van der Waals surface area contributed by atoms with Gasteiger partial charge in [0.05, 0.1) is 12.3 Å². The Labute approximate surface area is 217 Å². The Morgan fingerprint density at radius 1 is 1.11 bits per heavy atom. The quantitative estimate of drug-likeness (QED) is 0.241. The molecule has 7 heteroatoms. The molecular formula is C29H27NO4S2. The van der Waals surface area contributed by atoms with Crippen molar-refractivity contribution in [2.45, 2.75) is 32.8 Å². The SMILES string of the molecule is CC#CC(CC(=O)O)c1ccc(OCc2ccc3scc(-c4cc(NS(C)=O)ccc4C)c3c2)cc1. The van der Waals surface area contributed by atoms with Crippen LogP contribution in [0, 0.1) is 18.8 Å². The Morgan fingerprint density at radius 3 is 2.58 bits per heavy atom. The van der Waals surface area contributed by atoms with Gasteiger partial charge in [0.1, 0.15) is 23.3 Å². The zero-order valence-electron chi connectivity index (χ0n) is 20.3. The zero-order chi connectivity index (χ0) is 25.7. The van der Waals surface area contributed by atoms with Crippen molar-refractivity contribution in [3.8, 4) is 28.7 Å². The largest absolute Gasteiger partial charge is 0.489 e. The number of fused-ring (bicyclic) bond motifs is 1. The first-order chi connectivity index (χ1) is 17.3. The summed E-state index contributed by atoms with van der Waals surface area (Å²) in [6.45, 7) is 4.20. The van der Waals surface area contributed by atoms with Crippen molar-refractivity contribution in [1.29, 1.82) is 0 Å². The van der Waals surface area contributed by atoms with Gasteiger partial charge in [-0.1, -0.05) is 30.2 Å². The van der Waals surface area contributed by atoms with Gasteiger partial charge < -0.3 is 14.6 Å². The first-order valence-corrected chi connectivity index (χ1v) is 13.9. The lowest BCUT2D eigenvalue weighted by atomic mass is 9.96. The monoisotopic (exact) mass is 517 g/mol. The number of rotatable bonds is 9. The molecule has 2 N–H and O–H groups in total. The van der Waals surface area contributed by atoms with Crippen molar-refractivity contribution in [1.82, 2.24) is 0 Å². The first kappa shape index (κ1) is 25.5. The van der Waals surface area contributed by atoms with Crippen LogP contribution in [0.3, 0.4) is 0 Å². The predicted octanol–water partition coefficient (Wildman–Crippen LogP) is 6.74. The minimum absolute atomic E-state index is 0.0290. The van der Waals surface area contributed by atoms with Crippen LogP contribution in [0.25, 0.3) is 21.2 Å². The van der Waals surface area contributed by atoms with E-state index < -0.39 is 17.0 Å². The van der Waals surface area contributed by atoms with Gasteiger partial charge in [-0.15, -0.1) is 17.3 Å². The number of anilines is 1. The van der Waals surface area contributed by atoms with Gasteiger partial charge in [-0.25, -0.2) is 4.21 Å². The van der Waals surface area contributed by atoms with Crippen molar-refractivity contribution in [2.24, 2.45) is 0 Å². The van der Waals surface area contributed by atoms with Gasteiger partial charge >= 0.3 is 5.97 Å². The predicted molar refractivity (Wildman–Crippen MR) is 149 cm³/mol. The van der Waals surface area contributed by atoms with Crippen LogP contribution >= 0.6 is 11.3 Å². The summed E-state index contributed by atoms with van der Waals surface area (Å²) in [6, 6.07) is 19.8. The van der Waals surface area contributed by atoms with Gasteiger partial charge in [0.15, 0.2) is 0 Å². The average Bonchev–Trinajstić information content (AvgIpc) is 3.26. The molecule has 2 unspecified atom stereocenters. The number of hydrogen-bond acceptors (Lipinski definition) is 4. The molecule has 0 bridgehead atoms. The minimum atomic E-state index is -1.13. The van der Waals surface area contributed by atoms with Crippen LogP contribution in [-0.4, -0.2) is 21.5 Å². The zero-order valence-corrected chi connectivity index (χ0v) is 22.0. The van der Waals surface area contributed by atoms with Gasteiger partial charge in [-0.05, 0) is 77.9 Å². The smallest absolute Gasteiger partial charge is 0.304 e. The molecule has 5 nitrogen and oxygen atoms in total. The Balaban J connectivity index is 1.53. The van der Waals surface area contributed by atoms with Crippen molar-refractivity contribution >= 4 is 44.1 Å². The molecule has 1 heterocycles. The van der Waals surface area contributed by atoms with Crippen LogP contribution in [0.5, 0.6) is 5.75 Å². The summed E-state index contributed by atoms with van der Waals surface area (Å²) in [5.74, 6) is 5.29. The number of carbonyl (C=O) groups is 1. The lowest BCUT2D eigenvalue weighted by molar-refractivity contribution is -0.137. The fourth-order valence-corrected chi connectivity index (χ4v) is 5.48. The van der Waals surface area contributed by atoms with E-state index in [0.717, 1.165) is 38.9 Å². The highest BCUT2D eigenvalue weighted by molar-refractivity contribution is 7.85. The maximum atomic E-state index is 11.6. The fraction of sp³-hybridized carbons (Fsp3) is 0.207. The molecule has 0 fully saturated rings. The molecule has 0 spiro atoms. The summed E-state index contributed by atoms with van der Waals surface area (Å²) >= 11 is 1.70. The van der Waals surface area contributed by atoms with Gasteiger partial charge in [0, 0.05) is 27.6 Å². The topological polar surface area (TPSA) is 75.6 Å². The Bertz CT molecular complexity index is 1480. The van der Waals surface area contributed by atoms with E-state index in [0.29, 0.717) is 12.4 Å². The van der Waals surface area contributed by atoms with E-state index in [2.05, 4.69) is 47.1 Å². The molecule has 0 radical (unpaired) electrons. The van der Waals surface area contributed by atoms with Crippen LogP contribution < -0.4 is 9.46 Å². The van der Waals surface area contributed by atoms with Crippen LogP contribution in [0.2, 0.25) is 0 Å². The summed E-state index contributed by atoms with van der Waals surface area (Å²) < 4.78 is 21.8. The molecule has 0 aliphatic rings. The van der Waals surface area contributed by atoms with Gasteiger partial charge in [-0.3, -0.25) is 4.79 Å². The third-order valence-electron chi connectivity index (χ3n) is 5.81. The molecule has 3 aromatic carbocycles. The molecule has 0 aliphatic heterocycles. The Kier molecular flexibility index (Phi) is 8.09. The van der Waals surface area contributed by atoms with Crippen molar-refractivity contribution in [2.75, 3.05) is 11.0 Å². The molecule has 1 aromatic heterocycles. The van der Waals surface area contributed by atoms with Crippen LogP contribution in [0.4, 0.5) is 5.69 Å². The summed E-state index contributed by atoms with van der Waals surface area (Å²) in [7, 11) is -1.13. The molecule has 184 valence electrons. The highest BCUT2D eigenvalue weighted by atomic mass is 32.2. The molecule has 36 heavy (non-hydrogen) atoms. The molecule has 0 saturated heterocycles. The normalized spacial score (nSPS) is 12.4. The highest BCUT2D eigenvalue weighted by Gasteiger charge is 2.14. The maximum absolute atomic E-state index is 11.6. The lowest BCUT2D eigenvalue weighted by Gasteiger charge is -2.11. The summed E-state index contributed by atoms with van der Waals surface area (Å²) in [5, 5.41) is 12.5. The number of carboxylic acids is 1. The van der Waals surface area contributed by atoms with Gasteiger partial charge in [-0.2, -0.15) is 0 Å². The van der Waals surface area contributed by atoms with Crippen molar-refractivity contribution in [3.63, 3.8) is 0 Å². The van der Waals surface area contributed by atoms with Crippen LogP contribution in [0.1, 0.15) is 36.0 Å². The van der Waals surface area contributed by atoms with E-state index in [1.165, 1.54) is 4.70 Å². The van der Waals surface area contributed by atoms with Gasteiger partial charge in [0.25, 0.3) is 0 Å². The molecule has 4 aromatic rings. The summed E-state index contributed by atoms with van der Waals surface area (Å²) in [4.78, 5) is 11.1. The second-order valence-electron chi connectivity index (χ2n) is 8.47. The average molecular weight is 518 g/mol. The van der Waals surface area contributed by atoms with E-state index in [1.807, 2.05) is 42.5 Å². The number of aliphatic carboxylic acids is 1. The van der Waals surface area contributed by atoms with E-state index in [9.17, 15) is 9.00 Å². The molecule has 2 atom stereocenters. The second-order valence-corrected chi connectivity index (χ2v) is 10.5. The second kappa shape index (κ2) is 11.4. The number of nitrogens with one attached hydrogen (secondary N) is 1. The van der Waals surface area contributed by atoms with Crippen LogP contribution in [-0.2, 0) is 22.4 Å². The molecule has 0 saturated carbocycles. The minimum Gasteiger partial charge on any atom is -0.489 e. The van der Waals surface area contributed by atoms with E-state index in [-0.39, 0.29) is 12.3 Å². The van der Waals surface area contributed by atoms with Crippen molar-refractivity contribution < 1.29 is 18.8 Å². The standard InChI is InChI=1S/C29H27NO4S2/c1-4-5-22(15-29(31)32)21-8-11-24(12-9-21)34-17-20-7-13-28-26(14-20)27(18-35-28)25-16-23(30-36(3)33)10-6-19(25)2/h6-14,16,18,22,30H,15,17H2,1-3H3,(H,31,32). The highest BCUT2D eigenvalue weighted by Crippen LogP contribution is 2.37. The number of thiophene rings is 1. The summed E-state index contributed by atoms with van der Waals surface area (Å²) in [5.41, 5.74) is 6.14.